The van der Waals surface area contributed by atoms with Gasteiger partial charge in [-0.25, -0.2) is 4.98 Å². The van der Waals surface area contributed by atoms with Gasteiger partial charge in [0.25, 0.3) is 0 Å². The Hall–Kier alpha value is -0.490. The molecular weight excluding hydrogens is 499 g/mol. The van der Waals surface area contributed by atoms with Crippen LogP contribution in [0.3, 0.4) is 0 Å². The van der Waals surface area contributed by atoms with Crippen LogP contribution in [0, 0.1) is 5.92 Å². The summed E-state index contributed by atoms with van der Waals surface area (Å²) >= 11 is 1.66. The number of nitrogens with one attached hydrogen (secondary N) is 1. The number of piperazine rings is 1. The molecule has 0 radical (unpaired) electrons. The summed E-state index contributed by atoms with van der Waals surface area (Å²) in [7, 11) is 5.99. The number of aliphatic imine (C=N–C) groups is 1. The maximum atomic E-state index is 5.37. The molecule has 0 saturated carbocycles. The van der Waals surface area contributed by atoms with E-state index in [0.29, 0.717) is 5.92 Å². The number of nitrogens with zero attached hydrogens (tertiary/aromatic N) is 5. The summed E-state index contributed by atoms with van der Waals surface area (Å²) in [5.74, 6) is 1.49. The van der Waals surface area contributed by atoms with Gasteiger partial charge in [0, 0.05) is 65.4 Å². The molecule has 2 rings (SSSR count). The lowest BCUT2D eigenvalue weighted by atomic mass is 10.1. The van der Waals surface area contributed by atoms with E-state index in [0.717, 1.165) is 55.9 Å². The minimum Gasteiger partial charge on any atom is -0.375 e. The van der Waals surface area contributed by atoms with Crippen LogP contribution in [0.5, 0.6) is 0 Å². The molecule has 7 nitrogen and oxygen atoms in total. The highest BCUT2D eigenvalue weighted by Gasteiger charge is 2.17. The molecule has 1 aromatic rings. The number of likely N-dealkylation sites (N-methyl/N-ethyl adjacent to an activating group) is 1. The molecule has 0 aliphatic carbocycles. The van der Waals surface area contributed by atoms with Gasteiger partial charge in [0.2, 0.25) is 0 Å². The van der Waals surface area contributed by atoms with Crippen molar-refractivity contribution in [3.05, 3.63) is 16.1 Å². The van der Waals surface area contributed by atoms with Gasteiger partial charge in [-0.15, -0.1) is 35.3 Å². The molecule has 2 heterocycles. The van der Waals surface area contributed by atoms with Gasteiger partial charge in [-0.05, 0) is 26.8 Å². The van der Waals surface area contributed by atoms with Crippen molar-refractivity contribution in [2.24, 2.45) is 10.9 Å². The molecule has 1 aliphatic rings. The van der Waals surface area contributed by atoms with Gasteiger partial charge < -0.3 is 24.8 Å². The van der Waals surface area contributed by atoms with Crippen molar-refractivity contribution in [3.8, 4) is 0 Å². The van der Waals surface area contributed by atoms with E-state index in [-0.39, 0.29) is 30.1 Å². The Morgan fingerprint density at radius 1 is 1.34 bits per heavy atom. The molecular formula is C20H39IN6OS. The second kappa shape index (κ2) is 13.7. The lowest BCUT2D eigenvalue weighted by Crippen LogP contribution is -2.46. The molecule has 2 atom stereocenters. The number of halogens is 1. The molecule has 0 spiro atoms. The van der Waals surface area contributed by atoms with Crippen molar-refractivity contribution < 1.29 is 4.74 Å². The fraction of sp³-hybridized carbons (Fsp3) is 0.800. The molecule has 29 heavy (non-hydrogen) atoms. The van der Waals surface area contributed by atoms with Crippen molar-refractivity contribution >= 4 is 41.3 Å². The first-order valence-electron chi connectivity index (χ1n) is 10.3. The van der Waals surface area contributed by atoms with E-state index in [1.54, 1.807) is 18.4 Å². The number of guanidine groups is 1. The van der Waals surface area contributed by atoms with E-state index in [4.69, 9.17) is 14.7 Å². The number of thiazole rings is 1. The Morgan fingerprint density at radius 2 is 2.03 bits per heavy atom. The van der Waals surface area contributed by atoms with Crippen molar-refractivity contribution in [1.82, 2.24) is 25.0 Å². The molecule has 9 heteroatoms. The summed E-state index contributed by atoms with van der Waals surface area (Å²) < 4.78 is 5.37. The van der Waals surface area contributed by atoms with Gasteiger partial charge in [0.05, 0.1) is 12.2 Å². The van der Waals surface area contributed by atoms with Crippen LogP contribution in [0.15, 0.2) is 10.4 Å². The van der Waals surface area contributed by atoms with Crippen LogP contribution in [0.25, 0.3) is 0 Å². The van der Waals surface area contributed by atoms with Crippen LogP contribution < -0.4 is 5.32 Å². The standard InChI is InChI=1S/C20H38N6OS.HI/c1-7-21-20(22-12-16(2)13-26-10-8-24(4)9-11-26)25(5)14-18-15-28-19(23-18)17(3)27-6;/h15-17H,7-14H2,1-6H3,(H,21,22);1H. The average molecular weight is 539 g/mol. The maximum absolute atomic E-state index is 5.37. The predicted molar refractivity (Wildman–Crippen MR) is 133 cm³/mol. The fourth-order valence-corrected chi connectivity index (χ4v) is 4.08. The summed E-state index contributed by atoms with van der Waals surface area (Å²) in [5.41, 5.74) is 1.06. The largest absolute Gasteiger partial charge is 0.375 e. The average Bonchev–Trinajstić information content (AvgIpc) is 3.14. The number of methoxy groups -OCH3 is 1. The van der Waals surface area contributed by atoms with Crippen LogP contribution in [0.2, 0.25) is 0 Å². The molecule has 0 amide bonds. The molecule has 1 aromatic heterocycles. The first kappa shape index (κ1) is 26.5. The van der Waals surface area contributed by atoms with E-state index in [9.17, 15) is 0 Å². The molecule has 0 bridgehead atoms. The van der Waals surface area contributed by atoms with Gasteiger partial charge >= 0.3 is 0 Å². The van der Waals surface area contributed by atoms with E-state index in [1.807, 2.05) is 6.92 Å². The molecule has 2 unspecified atom stereocenters. The lowest BCUT2D eigenvalue weighted by Gasteiger charge is -2.33. The van der Waals surface area contributed by atoms with Gasteiger partial charge in [0.1, 0.15) is 11.1 Å². The van der Waals surface area contributed by atoms with Gasteiger partial charge in [-0.2, -0.15) is 0 Å². The third-order valence-corrected chi connectivity index (χ3v) is 6.14. The van der Waals surface area contributed by atoms with Crippen molar-refractivity contribution in [2.45, 2.75) is 33.4 Å². The Bertz CT molecular complexity index is 606. The van der Waals surface area contributed by atoms with E-state index >= 15 is 0 Å². The van der Waals surface area contributed by atoms with Crippen molar-refractivity contribution in [2.75, 3.05) is 67.0 Å². The Morgan fingerprint density at radius 3 is 2.66 bits per heavy atom. The van der Waals surface area contributed by atoms with Crippen LogP contribution in [-0.2, 0) is 11.3 Å². The van der Waals surface area contributed by atoms with E-state index in [1.165, 1.54) is 13.1 Å². The van der Waals surface area contributed by atoms with Crippen LogP contribution >= 0.6 is 35.3 Å². The van der Waals surface area contributed by atoms with Gasteiger partial charge in [-0.1, -0.05) is 6.92 Å². The molecule has 1 saturated heterocycles. The van der Waals surface area contributed by atoms with E-state index < -0.39 is 0 Å². The third-order valence-electron chi connectivity index (χ3n) is 5.08. The summed E-state index contributed by atoms with van der Waals surface area (Å²) in [4.78, 5) is 16.7. The number of aromatic nitrogens is 1. The van der Waals surface area contributed by atoms with Crippen LogP contribution in [0.1, 0.15) is 37.6 Å². The van der Waals surface area contributed by atoms with Crippen molar-refractivity contribution in [1.29, 1.82) is 0 Å². The molecule has 1 fully saturated rings. The monoisotopic (exact) mass is 538 g/mol. The SMILES string of the molecule is CCNC(=NCC(C)CN1CCN(C)CC1)N(C)Cc1csc(C(C)OC)n1.I. The number of ether oxygens (including phenoxy) is 1. The lowest BCUT2D eigenvalue weighted by molar-refractivity contribution is 0.119. The quantitative estimate of drug-likeness (QED) is 0.297. The number of hydrogen-bond donors (Lipinski definition) is 1. The second-order valence-electron chi connectivity index (χ2n) is 7.81. The number of hydrogen-bond acceptors (Lipinski definition) is 6. The summed E-state index contributed by atoms with van der Waals surface area (Å²) in [6.07, 6.45) is 0.0429. The summed E-state index contributed by atoms with van der Waals surface area (Å²) in [6.45, 7) is 14.6. The maximum Gasteiger partial charge on any atom is 0.194 e. The van der Waals surface area contributed by atoms with E-state index in [2.05, 4.69) is 53.3 Å². The van der Waals surface area contributed by atoms with Gasteiger partial charge in [-0.3, -0.25) is 4.99 Å². The highest BCUT2D eigenvalue weighted by Crippen LogP contribution is 2.21. The zero-order valence-electron chi connectivity index (χ0n) is 18.8. The zero-order chi connectivity index (χ0) is 20.5. The smallest absolute Gasteiger partial charge is 0.194 e. The summed E-state index contributed by atoms with van der Waals surface area (Å²) in [6, 6.07) is 0. The molecule has 168 valence electrons. The Balaban J connectivity index is 0.00000420. The molecule has 0 aromatic carbocycles. The Kier molecular flexibility index (Phi) is 12.6. The van der Waals surface area contributed by atoms with Gasteiger partial charge in [0.15, 0.2) is 5.96 Å². The normalized spacial score (nSPS) is 18.2. The van der Waals surface area contributed by atoms with Crippen LogP contribution in [0.4, 0.5) is 0 Å². The third kappa shape index (κ3) is 9.04. The minimum atomic E-state index is 0. The Labute approximate surface area is 197 Å². The summed E-state index contributed by atoms with van der Waals surface area (Å²) in [5, 5.41) is 6.55. The second-order valence-corrected chi connectivity index (χ2v) is 8.70. The highest BCUT2D eigenvalue weighted by atomic mass is 127. The van der Waals surface area contributed by atoms with Crippen LogP contribution in [-0.4, -0.2) is 92.7 Å². The topological polar surface area (TPSA) is 56.2 Å². The predicted octanol–water partition coefficient (Wildman–Crippen LogP) is 2.75. The highest BCUT2D eigenvalue weighted by molar-refractivity contribution is 14.0. The van der Waals surface area contributed by atoms with Crippen molar-refractivity contribution in [3.63, 3.8) is 0 Å². The molecule has 1 N–H and O–H groups in total. The fourth-order valence-electron chi connectivity index (χ4n) is 3.24. The minimum absolute atomic E-state index is 0. The zero-order valence-corrected chi connectivity index (χ0v) is 22.0. The number of rotatable bonds is 9. The first-order valence-corrected chi connectivity index (χ1v) is 11.2. The first-order chi connectivity index (χ1) is 13.4. The molecule has 1 aliphatic heterocycles.